The summed E-state index contributed by atoms with van der Waals surface area (Å²) in [6, 6.07) is 0. The van der Waals surface area contributed by atoms with Crippen molar-refractivity contribution in [2.75, 3.05) is 6.54 Å². The van der Waals surface area contributed by atoms with Gasteiger partial charge < -0.3 is 5.73 Å². The zero-order valence-electron chi connectivity index (χ0n) is 18.0. The Morgan fingerprint density at radius 3 is 1.40 bits per heavy atom. The number of hydrogen-bond acceptors (Lipinski definition) is 1. The second kappa shape index (κ2) is 18.5. The number of nitrogens with two attached hydrogens (primary N) is 1. The quantitative estimate of drug-likeness (QED) is 0.184. The molecule has 0 aliphatic heterocycles. The Balaban J connectivity index is 3.33. The molecule has 0 atom stereocenters. The summed E-state index contributed by atoms with van der Waals surface area (Å²) in [5.74, 6) is 0. The molecule has 0 aliphatic rings. The first-order valence-electron chi connectivity index (χ1n) is 11.6. The standard InChI is InChI=1S/C24H49N/c1-4-24(5-2,6-3)22-20-18-16-14-12-10-8-7-9-11-13-15-17-19-21-23-25/h7-8H,4-6,9-23,25H2,1-3H3/b8-7-. The summed E-state index contributed by atoms with van der Waals surface area (Å²) in [5, 5.41) is 0. The van der Waals surface area contributed by atoms with Gasteiger partial charge in [-0.25, -0.2) is 0 Å². The molecule has 0 aliphatic carbocycles. The van der Waals surface area contributed by atoms with Gasteiger partial charge in [0.05, 0.1) is 0 Å². The minimum atomic E-state index is 0.646. The van der Waals surface area contributed by atoms with E-state index < -0.39 is 0 Å². The average molecular weight is 352 g/mol. The molecule has 0 bridgehead atoms. The van der Waals surface area contributed by atoms with Crippen LogP contribution in [0.4, 0.5) is 0 Å². The second-order valence-corrected chi connectivity index (χ2v) is 8.04. The van der Waals surface area contributed by atoms with Gasteiger partial charge in [0.15, 0.2) is 0 Å². The van der Waals surface area contributed by atoms with E-state index in [0.29, 0.717) is 5.41 Å². The lowest BCUT2D eigenvalue weighted by molar-refractivity contribution is 0.220. The van der Waals surface area contributed by atoms with Gasteiger partial charge >= 0.3 is 0 Å². The average Bonchev–Trinajstić information content (AvgIpc) is 2.65. The van der Waals surface area contributed by atoms with Crippen LogP contribution in [0, 0.1) is 5.41 Å². The largest absolute Gasteiger partial charge is 0.330 e. The zero-order chi connectivity index (χ0) is 18.6. The van der Waals surface area contributed by atoms with Crippen LogP contribution in [0.1, 0.15) is 130 Å². The summed E-state index contributed by atoms with van der Waals surface area (Å²) in [5.41, 5.74) is 6.15. The lowest BCUT2D eigenvalue weighted by Gasteiger charge is -2.30. The summed E-state index contributed by atoms with van der Waals surface area (Å²) in [6.45, 7) is 7.99. The first kappa shape index (κ1) is 24.7. The Morgan fingerprint density at radius 1 is 0.560 bits per heavy atom. The maximum atomic E-state index is 5.51. The van der Waals surface area contributed by atoms with Crippen molar-refractivity contribution in [3.63, 3.8) is 0 Å². The molecule has 150 valence electrons. The van der Waals surface area contributed by atoms with Gasteiger partial charge in [0, 0.05) is 0 Å². The fraction of sp³-hybridized carbons (Fsp3) is 0.917. The number of rotatable bonds is 19. The van der Waals surface area contributed by atoms with E-state index in [-0.39, 0.29) is 0 Å². The predicted molar refractivity (Wildman–Crippen MR) is 116 cm³/mol. The van der Waals surface area contributed by atoms with Crippen LogP contribution in [0.5, 0.6) is 0 Å². The smallest absolute Gasteiger partial charge is 0.00773 e. The van der Waals surface area contributed by atoms with Crippen molar-refractivity contribution in [3.8, 4) is 0 Å². The van der Waals surface area contributed by atoms with E-state index in [1.807, 2.05) is 0 Å². The molecule has 25 heavy (non-hydrogen) atoms. The van der Waals surface area contributed by atoms with E-state index in [1.54, 1.807) is 0 Å². The molecule has 1 heteroatoms. The Morgan fingerprint density at radius 2 is 0.960 bits per heavy atom. The molecule has 0 unspecified atom stereocenters. The molecule has 0 radical (unpaired) electrons. The van der Waals surface area contributed by atoms with Crippen LogP contribution < -0.4 is 5.73 Å². The van der Waals surface area contributed by atoms with Crippen LogP contribution in [0.25, 0.3) is 0 Å². The highest BCUT2D eigenvalue weighted by molar-refractivity contribution is 4.81. The van der Waals surface area contributed by atoms with Crippen molar-refractivity contribution >= 4 is 0 Å². The van der Waals surface area contributed by atoms with Crippen molar-refractivity contribution in [1.29, 1.82) is 0 Å². The monoisotopic (exact) mass is 351 g/mol. The SMILES string of the molecule is CCC(CC)(CC)CCCCCCC/C=C\CCCCCCCCN. The fourth-order valence-electron chi connectivity index (χ4n) is 3.92. The molecule has 0 fully saturated rings. The summed E-state index contributed by atoms with van der Waals surface area (Å²) < 4.78 is 0. The van der Waals surface area contributed by atoms with E-state index in [9.17, 15) is 0 Å². The first-order valence-corrected chi connectivity index (χ1v) is 11.6. The van der Waals surface area contributed by atoms with Gasteiger partial charge in [-0.15, -0.1) is 0 Å². The maximum absolute atomic E-state index is 5.51. The van der Waals surface area contributed by atoms with Gasteiger partial charge in [-0.05, 0) is 50.5 Å². The topological polar surface area (TPSA) is 26.0 Å². The molecule has 0 amide bonds. The molecule has 0 heterocycles. The number of hydrogen-bond donors (Lipinski definition) is 1. The van der Waals surface area contributed by atoms with Crippen molar-refractivity contribution in [1.82, 2.24) is 0 Å². The Bertz CT molecular complexity index is 270. The summed E-state index contributed by atoms with van der Waals surface area (Å²) in [6.07, 6.45) is 28.1. The van der Waals surface area contributed by atoms with Crippen LogP contribution >= 0.6 is 0 Å². The minimum Gasteiger partial charge on any atom is -0.330 e. The van der Waals surface area contributed by atoms with Crippen molar-refractivity contribution in [2.45, 2.75) is 130 Å². The third kappa shape index (κ3) is 14.5. The Kier molecular flexibility index (Phi) is 18.3. The molecule has 1 nitrogen and oxygen atoms in total. The van der Waals surface area contributed by atoms with Crippen molar-refractivity contribution in [3.05, 3.63) is 12.2 Å². The molecule has 0 saturated heterocycles. The normalized spacial score (nSPS) is 12.3. The third-order valence-electron chi connectivity index (χ3n) is 6.32. The van der Waals surface area contributed by atoms with E-state index in [2.05, 4.69) is 32.9 Å². The molecular weight excluding hydrogens is 302 g/mol. The highest BCUT2D eigenvalue weighted by atomic mass is 14.5. The van der Waals surface area contributed by atoms with E-state index >= 15 is 0 Å². The molecule has 0 rings (SSSR count). The summed E-state index contributed by atoms with van der Waals surface area (Å²) in [7, 11) is 0. The van der Waals surface area contributed by atoms with E-state index in [0.717, 1.165) is 6.54 Å². The molecule has 0 aromatic rings. The molecule has 0 saturated carbocycles. The Hall–Kier alpha value is -0.300. The predicted octanol–water partition coefficient (Wildman–Crippen LogP) is 8.18. The Labute approximate surface area is 160 Å². The zero-order valence-corrected chi connectivity index (χ0v) is 18.0. The first-order chi connectivity index (χ1) is 12.2. The van der Waals surface area contributed by atoms with Gasteiger partial charge in [0.1, 0.15) is 0 Å². The van der Waals surface area contributed by atoms with Gasteiger partial charge in [0.25, 0.3) is 0 Å². The van der Waals surface area contributed by atoms with Crippen LogP contribution in [-0.4, -0.2) is 6.54 Å². The molecule has 0 aromatic heterocycles. The second-order valence-electron chi connectivity index (χ2n) is 8.04. The third-order valence-corrected chi connectivity index (χ3v) is 6.32. The van der Waals surface area contributed by atoms with Gasteiger partial charge in [-0.1, -0.05) is 104 Å². The van der Waals surface area contributed by atoms with Crippen LogP contribution in [0.2, 0.25) is 0 Å². The molecule has 2 N–H and O–H groups in total. The van der Waals surface area contributed by atoms with Gasteiger partial charge in [0.2, 0.25) is 0 Å². The molecule has 0 spiro atoms. The number of unbranched alkanes of at least 4 members (excludes halogenated alkanes) is 11. The van der Waals surface area contributed by atoms with Crippen LogP contribution in [0.3, 0.4) is 0 Å². The molecule has 0 aromatic carbocycles. The molecular formula is C24H49N. The minimum absolute atomic E-state index is 0.646. The van der Waals surface area contributed by atoms with Crippen LogP contribution in [0.15, 0.2) is 12.2 Å². The highest BCUT2D eigenvalue weighted by Crippen LogP contribution is 2.36. The van der Waals surface area contributed by atoms with Crippen molar-refractivity contribution in [2.24, 2.45) is 11.1 Å². The van der Waals surface area contributed by atoms with Gasteiger partial charge in [-0.3, -0.25) is 0 Å². The number of allylic oxidation sites excluding steroid dienone is 2. The van der Waals surface area contributed by atoms with Crippen LogP contribution in [-0.2, 0) is 0 Å². The fourth-order valence-corrected chi connectivity index (χ4v) is 3.92. The van der Waals surface area contributed by atoms with Gasteiger partial charge in [-0.2, -0.15) is 0 Å². The van der Waals surface area contributed by atoms with E-state index in [4.69, 9.17) is 5.73 Å². The highest BCUT2D eigenvalue weighted by Gasteiger charge is 2.22. The summed E-state index contributed by atoms with van der Waals surface area (Å²) in [4.78, 5) is 0. The lowest BCUT2D eigenvalue weighted by atomic mass is 9.75. The summed E-state index contributed by atoms with van der Waals surface area (Å²) >= 11 is 0. The lowest BCUT2D eigenvalue weighted by Crippen LogP contribution is -2.17. The van der Waals surface area contributed by atoms with E-state index in [1.165, 1.54) is 109 Å². The van der Waals surface area contributed by atoms with Crippen molar-refractivity contribution < 1.29 is 0 Å². The maximum Gasteiger partial charge on any atom is -0.00773 e.